The van der Waals surface area contributed by atoms with E-state index in [2.05, 4.69) is 51.4 Å². The van der Waals surface area contributed by atoms with Crippen LogP contribution < -0.4 is 5.32 Å². The maximum Gasteiger partial charge on any atom is 0.0931 e. The van der Waals surface area contributed by atoms with Gasteiger partial charge in [-0.25, -0.2) is 0 Å². The normalized spacial score (nSPS) is 23.6. The molecular formula is C14H22ClNS. The molecule has 1 aromatic heterocycles. The summed E-state index contributed by atoms with van der Waals surface area (Å²) in [5.74, 6) is 0.770. The van der Waals surface area contributed by atoms with Crippen molar-refractivity contribution in [2.75, 3.05) is 6.54 Å². The van der Waals surface area contributed by atoms with Gasteiger partial charge >= 0.3 is 0 Å². The van der Waals surface area contributed by atoms with Crippen LogP contribution in [0.2, 0.25) is 4.34 Å². The van der Waals surface area contributed by atoms with Crippen molar-refractivity contribution < 1.29 is 0 Å². The molecule has 1 unspecified atom stereocenters. The summed E-state index contributed by atoms with van der Waals surface area (Å²) in [5, 5.41) is 5.78. The van der Waals surface area contributed by atoms with Gasteiger partial charge in [-0.1, -0.05) is 39.3 Å². The Bertz CT molecular complexity index is 394. The fourth-order valence-electron chi connectivity index (χ4n) is 2.81. The van der Waals surface area contributed by atoms with Crippen LogP contribution in [0, 0.1) is 16.7 Å². The summed E-state index contributed by atoms with van der Waals surface area (Å²) < 4.78 is 0.876. The summed E-state index contributed by atoms with van der Waals surface area (Å²) in [4.78, 5) is 0. The summed E-state index contributed by atoms with van der Waals surface area (Å²) in [7, 11) is 0. The number of thiophene rings is 1. The molecule has 3 heteroatoms. The van der Waals surface area contributed by atoms with Crippen molar-refractivity contribution in [1.29, 1.82) is 0 Å². The molecule has 0 aromatic carbocycles. The quantitative estimate of drug-likeness (QED) is 0.834. The van der Waals surface area contributed by atoms with Crippen molar-refractivity contribution >= 4 is 22.9 Å². The van der Waals surface area contributed by atoms with E-state index in [1.165, 1.54) is 5.56 Å². The SMILES string of the molecule is CC(NCC1C(C)(C)C1(C)C)c1csc(Cl)c1. The highest BCUT2D eigenvalue weighted by atomic mass is 35.5. The van der Waals surface area contributed by atoms with Crippen molar-refractivity contribution in [2.45, 2.75) is 40.7 Å². The number of halogens is 1. The van der Waals surface area contributed by atoms with Crippen LogP contribution in [0.1, 0.15) is 46.2 Å². The lowest BCUT2D eigenvalue weighted by Crippen LogP contribution is -2.22. The Morgan fingerprint density at radius 2 is 1.94 bits per heavy atom. The number of nitrogens with one attached hydrogen (secondary N) is 1. The Labute approximate surface area is 114 Å². The smallest absolute Gasteiger partial charge is 0.0931 e. The van der Waals surface area contributed by atoms with Gasteiger partial charge in [0, 0.05) is 6.04 Å². The molecule has 0 aliphatic heterocycles. The molecule has 0 spiro atoms. The lowest BCUT2D eigenvalue weighted by Gasteiger charge is -2.13. The second-order valence-corrected chi connectivity index (χ2v) is 7.85. The van der Waals surface area contributed by atoms with Gasteiger partial charge in [0.2, 0.25) is 0 Å². The second kappa shape index (κ2) is 4.25. The zero-order chi connectivity index (χ0) is 12.8. The summed E-state index contributed by atoms with van der Waals surface area (Å²) in [6, 6.07) is 2.46. The van der Waals surface area contributed by atoms with Crippen molar-refractivity contribution in [3.63, 3.8) is 0 Å². The molecule has 96 valence electrons. The monoisotopic (exact) mass is 271 g/mol. The lowest BCUT2D eigenvalue weighted by atomic mass is 10.0. The first-order valence-electron chi connectivity index (χ1n) is 6.24. The maximum atomic E-state index is 5.96. The average molecular weight is 272 g/mol. The average Bonchev–Trinajstić information content (AvgIpc) is 2.55. The first kappa shape index (κ1) is 13.4. The second-order valence-electron chi connectivity index (χ2n) is 6.31. The zero-order valence-electron chi connectivity index (χ0n) is 11.3. The number of hydrogen-bond donors (Lipinski definition) is 1. The molecule has 1 nitrogen and oxygen atoms in total. The van der Waals surface area contributed by atoms with E-state index in [4.69, 9.17) is 11.6 Å². The third-order valence-electron chi connectivity index (χ3n) is 5.04. The van der Waals surface area contributed by atoms with Gasteiger partial charge in [0.25, 0.3) is 0 Å². The van der Waals surface area contributed by atoms with Crippen LogP contribution in [0.3, 0.4) is 0 Å². The number of hydrogen-bond acceptors (Lipinski definition) is 2. The Balaban J connectivity index is 1.88. The summed E-state index contributed by atoms with van der Waals surface area (Å²) in [6.45, 7) is 12.8. The van der Waals surface area contributed by atoms with Gasteiger partial charge < -0.3 is 5.32 Å². The fraction of sp³-hybridized carbons (Fsp3) is 0.714. The van der Waals surface area contributed by atoms with E-state index >= 15 is 0 Å². The van der Waals surface area contributed by atoms with Crippen LogP contribution >= 0.6 is 22.9 Å². The Hall–Kier alpha value is -0.0500. The molecule has 17 heavy (non-hydrogen) atoms. The third-order valence-corrected chi connectivity index (χ3v) is 6.14. The summed E-state index contributed by atoms with van der Waals surface area (Å²) in [6.07, 6.45) is 0. The van der Waals surface area contributed by atoms with E-state index in [0.29, 0.717) is 16.9 Å². The largest absolute Gasteiger partial charge is 0.310 e. The molecule has 1 aromatic rings. The molecule has 1 N–H and O–H groups in total. The van der Waals surface area contributed by atoms with Crippen LogP contribution in [0.25, 0.3) is 0 Å². The van der Waals surface area contributed by atoms with Crippen molar-refractivity contribution in [3.8, 4) is 0 Å². The van der Waals surface area contributed by atoms with Crippen LogP contribution in [0.4, 0.5) is 0 Å². The van der Waals surface area contributed by atoms with Gasteiger partial charge in [-0.05, 0) is 47.2 Å². The molecular weight excluding hydrogens is 250 g/mol. The van der Waals surface area contributed by atoms with Crippen LogP contribution in [-0.2, 0) is 0 Å². The molecule has 0 saturated heterocycles. The molecule has 1 fully saturated rings. The first-order valence-corrected chi connectivity index (χ1v) is 7.50. The van der Waals surface area contributed by atoms with E-state index in [0.717, 1.165) is 16.8 Å². The zero-order valence-corrected chi connectivity index (χ0v) is 12.9. The van der Waals surface area contributed by atoms with Crippen molar-refractivity contribution in [2.24, 2.45) is 16.7 Å². The van der Waals surface area contributed by atoms with E-state index in [1.54, 1.807) is 11.3 Å². The minimum atomic E-state index is 0.394. The molecule has 1 aliphatic carbocycles. The van der Waals surface area contributed by atoms with Crippen LogP contribution in [0.15, 0.2) is 11.4 Å². The van der Waals surface area contributed by atoms with Crippen LogP contribution in [0.5, 0.6) is 0 Å². The van der Waals surface area contributed by atoms with Gasteiger partial charge in [0.1, 0.15) is 0 Å². The Morgan fingerprint density at radius 3 is 2.35 bits per heavy atom. The highest BCUT2D eigenvalue weighted by Gasteiger charge is 2.63. The third kappa shape index (κ3) is 2.27. The fourth-order valence-corrected chi connectivity index (χ4v) is 3.79. The van der Waals surface area contributed by atoms with Gasteiger partial charge in [0.15, 0.2) is 0 Å². The molecule has 1 saturated carbocycles. The first-order chi connectivity index (χ1) is 7.76. The standard InChI is InChI=1S/C14H22ClNS/c1-9(10-6-12(15)17-8-10)16-7-11-13(2,3)14(11,4)5/h6,8-9,11,16H,7H2,1-5H3. The lowest BCUT2D eigenvalue weighted by molar-refractivity contribution is 0.457. The van der Waals surface area contributed by atoms with E-state index < -0.39 is 0 Å². The van der Waals surface area contributed by atoms with Gasteiger partial charge in [-0.3, -0.25) is 0 Å². The minimum absolute atomic E-state index is 0.394. The van der Waals surface area contributed by atoms with Crippen molar-refractivity contribution in [1.82, 2.24) is 5.32 Å². The molecule has 0 radical (unpaired) electrons. The molecule has 0 amide bonds. The van der Waals surface area contributed by atoms with Gasteiger partial charge in [-0.2, -0.15) is 0 Å². The highest BCUT2D eigenvalue weighted by Crippen LogP contribution is 2.68. The van der Waals surface area contributed by atoms with E-state index in [1.807, 2.05) is 0 Å². The predicted molar refractivity (Wildman–Crippen MR) is 76.8 cm³/mol. The van der Waals surface area contributed by atoms with Gasteiger partial charge in [0.05, 0.1) is 4.34 Å². The summed E-state index contributed by atoms with van der Waals surface area (Å²) >= 11 is 7.57. The molecule has 1 heterocycles. The maximum absolute atomic E-state index is 5.96. The van der Waals surface area contributed by atoms with E-state index in [9.17, 15) is 0 Å². The molecule has 1 aliphatic rings. The summed E-state index contributed by atoms with van der Waals surface area (Å²) in [5.41, 5.74) is 2.23. The van der Waals surface area contributed by atoms with Gasteiger partial charge in [-0.15, -0.1) is 11.3 Å². The molecule has 0 bridgehead atoms. The Kier molecular flexibility index (Phi) is 3.35. The topological polar surface area (TPSA) is 12.0 Å². The molecule has 1 atom stereocenters. The van der Waals surface area contributed by atoms with Crippen molar-refractivity contribution in [3.05, 3.63) is 21.3 Å². The predicted octanol–water partition coefficient (Wildman–Crippen LogP) is 4.73. The Morgan fingerprint density at radius 1 is 1.35 bits per heavy atom. The van der Waals surface area contributed by atoms with E-state index in [-0.39, 0.29) is 0 Å². The highest BCUT2D eigenvalue weighted by molar-refractivity contribution is 7.14. The minimum Gasteiger partial charge on any atom is -0.310 e. The molecule has 2 rings (SSSR count). The number of rotatable bonds is 4. The van der Waals surface area contributed by atoms with Crippen LogP contribution in [-0.4, -0.2) is 6.54 Å².